The van der Waals surface area contributed by atoms with Gasteiger partial charge in [-0.05, 0) is 50.5 Å². The minimum atomic E-state index is -0.503. The van der Waals surface area contributed by atoms with E-state index in [-0.39, 0.29) is 12.0 Å². The molecule has 0 aliphatic rings. The number of nitrogens with one attached hydrogen (secondary N) is 2. The first-order valence-electron chi connectivity index (χ1n) is 7.72. The van der Waals surface area contributed by atoms with Gasteiger partial charge in [0.05, 0.1) is 0 Å². The Labute approximate surface area is 148 Å². The van der Waals surface area contributed by atoms with E-state index >= 15 is 0 Å². The molecule has 23 heavy (non-hydrogen) atoms. The number of benzene rings is 1. The summed E-state index contributed by atoms with van der Waals surface area (Å²) in [5, 5.41) is 7.45. The maximum absolute atomic E-state index is 11.9. The fourth-order valence-electron chi connectivity index (χ4n) is 2.00. The van der Waals surface area contributed by atoms with Gasteiger partial charge in [-0.2, -0.15) is 0 Å². The highest BCUT2D eigenvalue weighted by molar-refractivity contribution is 6.34. The molecule has 0 radical (unpaired) electrons. The van der Waals surface area contributed by atoms with Gasteiger partial charge in [-0.15, -0.1) is 0 Å². The lowest BCUT2D eigenvalue weighted by molar-refractivity contribution is 0.0490. The molecule has 1 atom stereocenters. The molecule has 0 bridgehead atoms. The highest BCUT2D eigenvalue weighted by Crippen LogP contribution is 2.19. The lowest BCUT2D eigenvalue weighted by Gasteiger charge is -2.26. The summed E-state index contributed by atoms with van der Waals surface area (Å²) in [6.07, 6.45) is -0.399. The molecular weight excluding hydrogens is 335 g/mol. The smallest absolute Gasteiger partial charge is 0.407 e. The Balaban J connectivity index is 2.52. The summed E-state index contributed by atoms with van der Waals surface area (Å²) in [5.41, 5.74) is 0.499. The molecule has 0 aromatic heterocycles. The molecule has 0 aliphatic heterocycles. The lowest BCUT2D eigenvalue weighted by atomic mass is 10.0. The molecule has 6 heteroatoms. The Morgan fingerprint density at radius 3 is 2.22 bits per heavy atom. The number of halogens is 2. The predicted octanol–water partition coefficient (Wildman–Crippen LogP) is 4.63. The first-order chi connectivity index (χ1) is 10.6. The van der Waals surface area contributed by atoms with Crippen molar-refractivity contribution in [3.63, 3.8) is 0 Å². The number of hydrogen-bond acceptors (Lipinski definition) is 3. The maximum Gasteiger partial charge on any atom is 0.407 e. The quantitative estimate of drug-likeness (QED) is 0.777. The van der Waals surface area contributed by atoms with E-state index in [0.717, 1.165) is 5.56 Å². The summed E-state index contributed by atoms with van der Waals surface area (Å²) in [6, 6.07) is 5.41. The topological polar surface area (TPSA) is 50.4 Å². The van der Waals surface area contributed by atoms with E-state index < -0.39 is 11.7 Å². The summed E-state index contributed by atoms with van der Waals surface area (Å²) in [7, 11) is 0. The normalized spacial score (nSPS) is 13.0. The number of ether oxygens (including phenoxy) is 1. The van der Waals surface area contributed by atoms with Crippen LogP contribution in [0.5, 0.6) is 0 Å². The third kappa shape index (κ3) is 8.45. The van der Waals surface area contributed by atoms with Gasteiger partial charge in [-0.25, -0.2) is 4.79 Å². The van der Waals surface area contributed by atoms with Gasteiger partial charge in [0.2, 0.25) is 0 Å². The molecule has 1 aromatic carbocycles. The van der Waals surface area contributed by atoms with Crippen LogP contribution < -0.4 is 10.6 Å². The molecule has 1 aromatic rings. The Bertz CT molecular complexity index is 508. The van der Waals surface area contributed by atoms with Crippen molar-refractivity contribution >= 4 is 29.3 Å². The van der Waals surface area contributed by atoms with Crippen LogP contribution in [0.1, 0.15) is 40.2 Å². The van der Waals surface area contributed by atoms with Gasteiger partial charge in [-0.1, -0.05) is 37.0 Å². The van der Waals surface area contributed by atoms with Gasteiger partial charge in [0, 0.05) is 29.2 Å². The van der Waals surface area contributed by atoms with E-state index in [0.29, 0.717) is 23.1 Å². The predicted molar refractivity (Wildman–Crippen MR) is 96.2 cm³/mol. The number of rotatable bonds is 6. The lowest BCUT2D eigenvalue weighted by Crippen LogP contribution is -2.46. The van der Waals surface area contributed by atoms with E-state index in [1.165, 1.54) is 0 Å². The maximum atomic E-state index is 11.9. The van der Waals surface area contributed by atoms with Crippen LogP contribution >= 0.6 is 23.2 Å². The summed E-state index contributed by atoms with van der Waals surface area (Å²) in [5.74, 6) is 0.276. The van der Waals surface area contributed by atoms with Crippen molar-refractivity contribution in [3.05, 3.63) is 33.8 Å². The van der Waals surface area contributed by atoms with Crippen LogP contribution in [0.4, 0.5) is 4.79 Å². The van der Waals surface area contributed by atoms with Crippen molar-refractivity contribution in [1.29, 1.82) is 0 Å². The van der Waals surface area contributed by atoms with Crippen molar-refractivity contribution in [2.75, 3.05) is 6.54 Å². The highest BCUT2D eigenvalue weighted by Gasteiger charge is 2.21. The van der Waals surface area contributed by atoms with E-state index in [1.807, 2.05) is 32.9 Å². The molecule has 0 aliphatic carbocycles. The molecule has 0 spiro atoms. The van der Waals surface area contributed by atoms with Crippen molar-refractivity contribution in [3.8, 4) is 0 Å². The Morgan fingerprint density at radius 1 is 1.17 bits per heavy atom. The molecule has 130 valence electrons. The minimum absolute atomic E-state index is 0.0282. The van der Waals surface area contributed by atoms with Crippen LogP contribution in [0.25, 0.3) is 0 Å². The summed E-state index contributed by atoms with van der Waals surface area (Å²) >= 11 is 12.0. The van der Waals surface area contributed by atoms with Gasteiger partial charge in [0.1, 0.15) is 5.60 Å². The zero-order valence-electron chi connectivity index (χ0n) is 14.4. The second kappa shape index (κ2) is 8.76. The van der Waals surface area contributed by atoms with E-state index in [1.54, 1.807) is 6.07 Å². The van der Waals surface area contributed by atoms with Crippen molar-refractivity contribution in [2.45, 2.75) is 52.8 Å². The SMILES string of the molecule is CC(C)C(CNCc1cc(Cl)cc(Cl)c1)NC(=O)OC(C)(C)C. The van der Waals surface area contributed by atoms with Crippen molar-refractivity contribution < 1.29 is 9.53 Å². The molecule has 4 nitrogen and oxygen atoms in total. The molecule has 0 saturated heterocycles. The van der Waals surface area contributed by atoms with E-state index in [9.17, 15) is 4.79 Å². The number of hydrogen-bond donors (Lipinski definition) is 2. The van der Waals surface area contributed by atoms with Gasteiger partial charge in [-0.3, -0.25) is 0 Å². The first-order valence-corrected chi connectivity index (χ1v) is 8.47. The van der Waals surface area contributed by atoms with Crippen LogP contribution in [0.15, 0.2) is 18.2 Å². The van der Waals surface area contributed by atoms with Gasteiger partial charge < -0.3 is 15.4 Å². The van der Waals surface area contributed by atoms with Crippen LogP contribution in [0, 0.1) is 5.92 Å². The summed E-state index contributed by atoms with van der Waals surface area (Å²) in [6.45, 7) is 10.9. The standard InChI is InChI=1S/C17H26Cl2N2O2/c1-11(2)15(21-16(22)23-17(3,4)5)10-20-9-12-6-13(18)8-14(19)7-12/h6-8,11,15,20H,9-10H2,1-5H3,(H,21,22). The van der Waals surface area contributed by atoms with E-state index in [2.05, 4.69) is 24.5 Å². The van der Waals surface area contributed by atoms with Gasteiger partial charge in [0.25, 0.3) is 0 Å². The second-order valence-electron chi connectivity index (χ2n) is 6.91. The van der Waals surface area contributed by atoms with Crippen LogP contribution in [0.2, 0.25) is 10.0 Å². The molecular formula is C17H26Cl2N2O2. The third-order valence-electron chi connectivity index (χ3n) is 3.12. The number of carbonyl (C=O) groups is 1. The molecule has 2 N–H and O–H groups in total. The average molecular weight is 361 g/mol. The molecule has 1 amide bonds. The summed E-state index contributed by atoms with van der Waals surface area (Å²) in [4.78, 5) is 11.9. The number of alkyl carbamates (subject to hydrolysis) is 1. The minimum Gasteiger partial charge on any atom is -0.444 e. The fourth-order valence-corrected chi connectivity index (χ4v) is 2.57. The Morgan fingerprint density at radius 2 is 1.74 bits per heavy atom. The average Bonchev–Trinajstić information content (AvgIpc) is 2.33. The third-order valence-corrected chi connectivity index (χ3v) is 3.56. The molecule has 0 saturated carbocycles. The summed E-state index contributed by atoms with van der Waals surface area (Å²) < 4.78 is 5.30. The first kappa shape index (κ1) is 20.1. The highest BCUT2D eigenvalue weighted by atomic mass is 35.5. The van der Waals surface area contributed by atoms with Crippen molar-refractivity contribution in [1.82, 2.24) is 10.6 Å². The number of carbonyl (C=O) groups excluding carboxylic acids is 1. The largest absolute Gasteiger partial charge is 0.444 e. The molecule has 1 rings (SSSR count). The molecule has 0 heterocycles. The Kier molecular flexibility index (Phi) is 7.65. The van der Waals surface area contributed by atoms with Crippen LogP contribution in [-0.4, -0.2) is 24.3 Å². The van der Waals surface area contributed by atoms with Crippen LogP contribution in [-0.2, 0) is 11.3 Å². The monoisotopic (exact) mass is 360 g/mol. The van der Waals surface area contributed by atoms with Gasteiger partial charge >= 0.3 is 6.09 Å². The fraction of sp³-hybridized carbons (Fsp3) is 0.588. The number of amides is 1. The van der Waals surface area contributed by atoms with Crippen molar-refractivity contribution in [2.24, 2.45) is 5.92 Å². The Hall–Kier alpha value is -0.970. The van der Waals surface area contributed by atoms with Crippen LogP contribution in [0.3, 0.4) is 0 Å². The van der Waals surface area contributed by atoms with E-state index in [4.69, 9.17) is 27.9 Å². The second-order valence-corrected chi connectivity index (χ2v) is 7.78. The molecule has 1 unspecified atom stereocenters. The molecule has 0 fully saturated rings. The zero-order valence-corrected chi connectivity index (χ0v) is 15.9. The van der Waals surface area contributed by atoms with Gasteiger partial charge in [0.15, 0.2) is 0 Å². The zero-order chi connectivity index (χ0) is 17.6.